The number of aryl methyl sites for hydroxylation is 4. The van der Waals surface area contributed by atoms with E-state index in [2.05, 4.69) is 102 Å². The van der Waals surface area contributed by atoms with E-state index in [1.54, 1.807) is 6.20 Å². The van der Waals surface area contributed by atoms with Crippen LogP contribution >= 0.6 is 11.6 Å². The summed E-state index contributed by atoms with van der Waals surface area (Å²) in [4.78, 5) is 44.1. The number of rotatable bonds is 15. The zero-order valence-electron chi connectivity index (χ0n) is 39.2. The fourth-order valence-corrected chi connectivity index (χ4v) is 10.2. The minimum Gasteiger partial charge on any atom is -0.478 e. The fraction of sp³-hybridized carbons (Fsp3) is 0.580. The summed E-state index contributed by atoms with van der Waals surface area (Å²) in [6.45, 7) is 15.1. The highest BCUT2D eigenvalue weighted by Gasteiger charge is 2.29. The Morgan fingerprint density at radius 3 is 1.77 bits per heavy atom. The summed E-state index contributed by atoms with van der Waals surface area (Å²) in [7, 11) is 8.78. The Bertz CT molecular complexity index is 2300. The summed E-state index contributed by atoms with van der Waals surface area (Å²) < 4.78 is 5.71. The van der Waals surface area contributed by atoms with Crippen molar-refractivity contribution in [3.8, 4) is 5.88 Å². The molecule has 0 radical (unpaired) electrons. The first-order chi connectivity index (χ1) is 29.9. The Hall–Kier alpha value is -4.32. The number of hydrogen-bond donors (Lipinski definition) is 1. The van der Waals surface area contributed by atoms with Gasteiger partial charge in [0.05, 0.1) is 23.5 Å². The van der Waals surface area contributed by atoms with Crippen LogP contribution in [-0.2, 0) is 19.3 Å². The average Bonchev–Trinajstić information content (AvgIpc) is 3.25. The van der Waals surface area contributed by atoms with Crippen LogP contribution in [0, 0.1) is 13.8 Å². The smallest absolute Gasteiger partial charge is 0.251 e. The molecule has 5 aromatic rings. The second-order valence-corrected chi connectivity index (χ2v) is 18.2. The van der Waals surface area contributed by atoms with Gasteiger partial charge in [0.2, 0.25) is 5.88 Å². The second-order valence-electron chi connectivity index (χ2n) is 17.8. The average molecular weight is 867 g/mol. The fourth-order valence-electron chi connectivity index (χ4n) is 10.0. The lowest BCUT2D eigenvalue weighted by atomic mass is 9.89. The molecule has 0 aliphatic heterocycles. The van der Waals surface area contributed by atoms with E-state index in [-0.39, 0.29) is 5.56 Å². The quantitative estimate of drug-likeness (QED) is 0.102. The maximum atomic E-state index is 12.6. The van der Waals surface area contributed by atoms with E-state index >= 15 is 0 Å². The van der Waals surface area contributed by atoms with Gasteiger partial charge in [-0.1, -0.05) is 24.9 Å². The molecule has 0 saturated heterocycles. The predicted molar refractivity (Wildman–Crippen MR) is 259 cm³/mol. The van der Waals surface area contributed by atoms with Crippen molar-refractivity contribution in [1.29, 1.82) is 0 Å². The molecule has 336 valence electrons. The highest BCUT2D eigenvalue weighted by Crippen LogP contribution is 2.37. The van der Waals surface area contributed by atoms with Crippen molar-refractivity contribution in [2.24, 2.45) is 0 Å². The number of nitrogens with zero attached hydrogens (tertiary/aromatic N) is 8. The van der Waals surface area contributed by atoms with E-state index in [4.69, 9.17) is 26.3 Å². The van der Waals surface area contributed by atoms with Crippen LogP contribution in [-0.4, -0.2) is 107 Å². The molecule has 0 amide bonds. The van der Waals surface area contributed by atoms with Gasteiger partial charge in [0.15, 0.2) is 5.15 Å². The third-order valence-electron chi connectivity index (χ3n) is 13.4. The van der Waals surface area contributed by atoms with Crippen molar-refractivity contribution in [3.05, 3.63) is 86.4 Å². The molecule has 12 heteroatoms. The number of ether oxygens (including phenoxy) is 1. The Kier molecular flexibility index (Phi) is 16.6. The van der Waals surface area contributed by atoms with Crippen molar-refractivity contribution >= 4 is 44.8 Å². The van der Waals surface area contributed by atoms with Gasteiger partial charge < -0.3 is 29.3 Å². The molecule has 1 N–H and O–H groups in total. The van der Waals surface area contributed by atoms with Crippen molar-refractivity contribution in [1.82, 2.24) is 34.7 Å². The topological polar surface area (TPSA) is 107 Å². The largest absolute Gasteiger partial charge is 0.478 e. The summed E-state index contributed by atoms with van der Waals surface area (Å²) in [5.41, 5.74) is 9.09. The van der Waals surface area contributed by atoms with Gasteiger partial charge in [0, 0.05) is 89.1 Å². The summed E-state index contributed by atoms with van der Waals surface area (Å²) in [5.74, 6) is 0.616. The molecule has 0 atom stereocenters. The minimum atomic E-state index is 0.0125. The van der Waals surface area contributed by atoms with Crippen molar-refractivity contribution in [3.63, 3.8) is 0 Å². The van der Waals surface area contributed by atoms with Gasteiger partial charge in [-0.05, 0) is 163 Å². The number of anilines is 2. The molecule has 0 unspecified atom stereocenters. The highest BCUT2D eigenvalue weighted by molar-refractivity contribution is 6.34. The first-order valence-corrected chi connectivity index (χ1v) is 23.7. The van der Waals surface area contributed by atoms with Gasteiger partial charge in [-0.25, -0.2) is 9.97 Å². The van der Waals surface area contributed by atoms with Gasteiger partial charge >= 0.3 is 0 Å². The number of nitrogens with one attached hydrogen (secondary N) is 1. The third kappa shape index (κ3) is 11.1. The van der Waals surface area contributed by atoms with Gasteiger partial charge in [-0.3, -0.25) is 14.8 Å². The van der Waals surface area contributed by atoms with Gasteiger partial charge in [-0.2, -0.15) is 0 Å². The van der Waals surface area contributed by atoms with Gasteiger partial charge in [0.25, 0.3) is 5.56 Å². The first-order valence-electron chi connectivity index (χ1n) is 23.3. The third-order valence-corrected chi connectivity index (χ3v) is 13.6. The summed E-state index contributed by atoms with van der Waals surface area (Å²) in [6, 6.07) is 13.0. The maximum Gasteiger partial charge on any atom is 0.251 e. The molecule has 11 nitrogen and oxygen atoms in total. The van der Waals surface area contributed by atoms with Crippen molar-refractivity contribution in [2.75, 3.05) is 57.7 Å². The van der Waals surface area contributed by atoms with E-state index in [1.807, 2.05) is 39.1 Å². The maximum absolute atomic E-state index is 12.6. The number of fused-ring (bicyclic) bond motifs is 2. The lowest BCUT2D eigenvalue weighted by Crippen LogP contribution is -2.42. The summed E-state index contributed by atoms with van der Waals surface area (Å²) in [6.07, 6.45) is 16.9. The van der Waals surface area contributed by atoms with Crippen LogP contribution in [0.15, 0.2) is 47.5 Å². The molecule has 5 heterocycles. The zero-order valence-corrected chi connectivity index (χ0v) is 40.0. The molecule has 2 aliphatic rings. The molecule has 5 aromatic heterocycles. The molecule has 0 bridgehead atoms. The normalized spacial score (nSPS) is 19.2. The lowest BCUT2D eigenvalue weighted by Gasteiger charge is -2.40. The van der Waals surface area contributed by atoms with Gasteiger partial charge in [-0.15, -0.1) is 0 Å². The molecule has 2 fully saturated rings. The summed E-state index contributed by atoms with van der Waals surface area (Å²) in [5, 5.41) is 2.66. The Morgan fingerprint density at radius 1 is 0.694 bits per heavy atom. The van der Waals surface area contributed by atoms with Crippen LogP contribution in [0.2, 0.25) is 5.15 Å². The number of pyridine rings is 5. The van der Waals surface area contributed by atoms with E-state index in [1.165, 1.54) is 62.4 Å². The van der Waals surface area contributed by atoms with Crippen LogP contribution in [0.1, 0.15) is 114 Å². The SMILES string of the molecule is CCCc1cc(N(CC)C2CCC(N(C)C)CC2)c2ccnc(CCc3c(C)cc(C)[nH]c3=O)c2n1.CCOc1cc(N(CC)C2CCC(N(C)C)CC2)c2ccnc(Cl)c2n1. The van der Waals surface area contributed by atoms with Crippen LogP contribution in [0.4, 0.5) is 11.4 Å². The van der Waals surface area contributed by atoms with Crippen molar-refractivity contribution in [2.45, 2.75) is 143 Å². The van der Waals surface area contributed by atoms with E-state index in [0.717, 1.165) is 76.2 Å². The summed E-state index contributed by atoms with van der Waals surface area (Å²) >= 11 is 6.34. The van der Waals surface area contributed by atoms with E-state index < -0.39 is 0 Å². The lowest BCUT2D eigenvalue weighted by molar-refractivity contribution is 0.214. The Morgan fingerprint density at radius 2 is 1.24 bits per heavy atom. The molecular weight excluding hydrogens is 794 g/mol. The van der Waals surface area contributed by atoms with Crippen LogP contribution in [0.3, 0.4) is 0 Å². The Balaban J connectivity index is 0.000000218. The molecule has 62 heavy (non-hydrogen) atoms. The minimum absolute atomic E-state index is 0.0125. The predicted octanol–water partition coefficient (Wildman–Crippen LogP) is 9.75. The molecule has 7 rings (SSSR count). The van der Waals surface area contributed by atoms with Crippen LogP contribution in [0.5, 0.6) is 5.88 Å². The Labute approximate surface area is 375 Å². The van der Waals surface area contributed by atoms with E-state index in [0.29, 0.717) is 54.6 Å². The van der Waals surface area contributed by atoms with Gasteiger partial charge in [0.1, 0.15) is 5.52 Å². The number of hydrogen-bond acceptors (Lipinski definition) is 10. The molecule has 2 saturated carbocycles. The standard InChI is InChI=1S/C30H43N5O.C20H29ClN4O/c1-7-9-22-19-28(35(8-2)24-12-10-23(11-13-24)34(5)6)26-16-17-31-27(29(26)33-22)15-14-25-20(3)18-21(4)32-30(25)36;1-5-25(15-9-7-14(8-10-15)24(3)4)17-13-18(26-6-2)23-19-16(17)11-12-22-20(19)21/h16-19,23-24H,7-15H2,1-6H3,(H,32,36);11-15H,5-10H2,1-4H3. The molecule has 2 aliphatic carbocycles. The van der Waals surface area contributed by atoms with Crippen LogP contribution < -0.4 is 20.1 Å². The molecule has 0 aromatic carbocycles. The van der Waals surface area contributed by atoms with Crippen LogP contribution in [0.25, 0.3) is 21.8 Å². The number of H-pyrrole nitrogens is 1. The second kappa shape index (κ2) is 21.8. The zero-order chi connectivity index (χ0) is 44.5. The number of halogens is 1. The monoisotopic (exact) mass is 866 g/mol. The number of aromatic nitrogens is 5. The molecule has 0 spiro atoms. The van der Waals surface area contributed by atoms with E-state index in [9.17, 15) is 4.79 Å². The first kappa shape index (κ1) is 47.2. The molecular formula is C50H72ClN9O2. The highest BCUT2D eigenvalue weighted by atomic mass is 35.5. The number of aromatic amines is 1. The van der Waals surface area contributed by atoms with Crippen molar-refractivity contribution < 1.29 is 4.74 Å².